The van der Waals surface area contributed by atoms with E-state index in [-0.39, 0.29) is 0 Å². The number of rotatable bonds is 3. The van der Waals surface area contributed by atoms with Gasteiger partial charge in [-0.3, -0.25) is 4.57 Å². The van der Waals surface area contributed by atoms with Crippen molar-refractivity contribution in [3.8, 4) is 5.69 Å². The van der Waals surface area contributed by atoms with E-state index in [2.05, 4.69) is 50.5 Å². The summed E-state index contributed by atoms with van der Waals surface area (Å²) in [5.74, 6) is 0.753. The molecule has 0 aliphatic carbocycles. The fourth-order valence-electron chi connectivity index (χ4n) is 2.99. The van der Waals surface area contributed by atoms with Gasteiger partial charge in [0.15, 0.2) is 0 Å². The van der Waals surface area contributed by atoms with E-state index in [1.165, 1.54) is 17.3 Å². The van der Waals surface area contributed by atoms with Gasteiger partial charge in [-0.2, -0.15) is 0 Å². The number of nitrogens with one attached hydrogen (secondary N) is 1. The summed E-state index contributed by atoms with van der Waals surface area (Å²) in [7, 11) is 0. The van der Waals surface area contributed by atoms with Crippen LogP contribution in [0, 0.1) is 5.92 Å². The van der Waals surface area contributed by atoms with Crippen molar-refractivity contribution >= 4 is 10.9 Å². The van der Waals surface area contributed by atoms with E-state index in [0.717, 1.165) is 31.2 Å². The first kappa shape index (κ1) is 11.7. The molecule has 0 amide bonds. The average molecular weight is 267 g/mol. The van der Waals surface area contributed by atoms with Gasteiger partial charge < -0.3 is 9.88 Å². The summed E-state index contributed by atoms with van der Waals surface area (Å²) in [6, 6.07) is 8.68. The number of hydrogen-bond acceptors (Lipinski definition) is 3. The van der Waals surface area contributed by atoms with E-state index in [4.69, 9.17) is 0 Å². The van der Waals surface area contributed by atoms with Gasteiger partial charge in [0, 0.05) is 29.3 Å². The highest BCUT2D eigenvalue weighted by Crippen LogP contribution is 2.22. The molecule has 2 aromatic heterocycles. The molecule has 102 valence electrons. The van der Waals surface area contributed by atoms with Crippen LogP contribution >= 0.6 is 0 Å². The van der Waals surface area contributed by atoms with Crippen LogP contribution in [0.1, 0.15) is 6.42 Å². The first-order chi connectivity index (χ1) is 9.90. The lowest BCUT2D eigenvalue weighted by molar-refractivity contribution is 0.491. The Morgan fingerprint density at radius 3 is 2.90 bits per heavy atom. The Labute approximate surface area is 117 Å². The number of nitrogens with zero attached hydrogens (tertiary/aromatic N) is 4. The Balaban J connectivity index is 1.67. The van der Waals surface area contributed by atoms with Crippen LogP contribution in [0.4, 0.5) is 0 Å². The number of aromatic nitrogens is 4. The van der Waals surface area contributed by atoms with Crippen LogP contribution in [0.2, 0.25) is 0 Å². The number of hydrogen-bond donors (Lipinski definition) is 1. The quantitative estimate of drug-likeness (QED) is 0.787. The van der Waals surface area contributed by atoms with E-state index in [9.17, 15) is 0 Å². The van der Waals surface area contributed by atoms with E-state index < -0.39 is 0 Å². The predicted molar refractivity (Wildman–Crippen MR) is 77.8 cm³/mol. The second-order valence-electron chi connectivity index (χ2n) is 5.44. The average Bonchev–Trinajstić information content (AvgIpc) is 3.20. The van der Waals surface area contributed by atoms with Gasteiger partial charge in [-0.1, -0.05) is 0 Å². The summed E-state index contributed by atoms with van der Waals surface area (Å²) in [5, 5.41) is 12.4. The molecule has 1 atom stereocenters. The minimum absolute atomic E-state index is 0.753. The van der Waals surface area contributed by atoms with Crippen molar-refractivity contribution in [1.29, 1.82) is 0 Å². The van der Waals surface area contributed by atoms with Gasteiger partial charge in [0.25, 0.3) is 0 Å². The molecule has 4 rings (SSSR count). The molecule has 5 heteroatoms. The zero-order chi connectivity index (χ0) is 13.4. The lowest BCUT2D eigenvalue weighted by Gasteiger charge is -2.11. The molecule has 0 bridgehead atoms. The molecular formula is C15H17N5. The van der Waals surface area contributed by atoms with Crippen LogP contribution in [0.3, 0.4) is 0 Å². The Kier molecular flexibility index (Phi) is 2.77. The van der Waals surface area contributed by atoms with E-state index in [1.54, 1.807) is 12.7 Å². The SMILES string of the molecule is c1cc2c(ccn2CC2CCNC2)cc1-n1cnnc1. The number of benzene rings is 1. The van der Waals surface area contributed by atoms with Crippen molar-refractivity contribution in [2.24, 2.45) is 5.92 Å². The lowest BCUT2D eigenvalue weighted by Crippen LogP contribution is -2.13. The Morgan fingerprint density at radius 1 is 1.20 bits per heavy atom. The predicted octanol–water partition coefficient (Wildman–Crippen LogP) is 1.83. The van der Waals surface area contributed by atoms with Crippen LogP contribution in [0.5, 0.6) is 0 Å². The van der Waals surface area contributed by atoms with Gasteiger partial charge in [-0.05, 0) is 49.7 Å². The maximum Gasteiger partial charge on any atom is 0.123 e. The molecule has 0 radical (unpaired) electrons. The molecule has 3 aromatic rings. The molecule has 1 unspecified atom stereocenters. The van der Waals surface area contributed by atoms with Crippen molar-refractivity contribution < 1.29 is 0 Å². The Morgan fingerprint density at radius 2 is 2.10 bits per heavy atom. The second-order valence-corrected chi connectivity index (χ2v) is 5.44. The molecule has 1 aliphatic rings. The van der Waals surface area contributed by atoms with E-state index >= 15 is 0 Å². The number of fused-ring (bicyclic) bond motifs is 1. The third kappa shape index (κ3) is 2.00. The van der Waals surface area contributed by atoms with E-state index in [1.807, 2.05) is 4.57 Å². The first-order valence-corrected chi connectivity index (χ1v) is 7.05. The third-order valence-corrected chi connectivity index (χ3v) is 4.09. The molecular weight excluding hydrogens is 250 g/mol. The van der Waals surface area contributed by atoms with Gasteiger partial charge in [0.05, 0.1) is 0 Å². The van der Waals surface area contributed by atoms with Crippen LogP contribution in [0.25, 0.3) is 16.6 Å². The van der Waals surface area contributed by atoms with E-state index in [0.29, 0.717) is 0 Å². The van der Waals surface area contributed by atoms with Crippen molar-refractivity contribution in [3.05, 3.63) is 43.1 Å². The minimum atomic E-state index is 0.753. The summed E-state index contributed by atoms with van der Waals surface area (Å²) in [6.07, 6.45) is 6.92. The normalized spacial score (nSPS) is 18.9. The van der Waals surface area contributed by atoms with Crippen molar-refractivity contribution in [3.63, 3.8) is 0 Å². The summed E-state index contributed by atoms with van der Waals surface area (Å²) in [6.45, 7) is 3.39. The zero-order valence-corrected chi connectivity index (χ0v) is 11.2. The monoisotopic (exact) mass is 267 g/mol. The molecule has 1 N–H and O–H groups in total. The fourth-order valence-corrected chi connectivity index (χ4v) is 2.99. The Bertz CT molecular complexity index is 707. The van der Waals surface area contributed by atoms with Gasteiger partial charge in [-0.25, -0.2) is 0 Å². The van der Waals surface area contributed by atoms with Gasteiger partial charge in [-0.15, -0.1) is 10.2 Å². The zero-order valence-electron chi connectivity index (χ0n) is 11.2. The molecule has 5 nitrogen and oxygen atoms in total. The smallest absolute Gasteiger partial charge is 0.123 e. The summed E-state index contributed by atoms with van der Waals surface area (Å²) in [4.78, 5) is 0. The highest BCUT2D eigenvalue weighted by atomic mass is 15.2. The molecule has 1 saturated heterocycles. The topological polar surface area (TPSA) is 47.7 Å². The molecule has 0 saturated carbocycles. The van der Waals surface area contributed by atoms with Crippen LogP contribution in [-0.2, 0) is 6.54 Å². The maximum absolute atomic E-state index is 3.85. The summed E-state index contributed by atoms with van der Waals surface area (Å²) >= 11 is 0. The van der Waals surface area contributed by atoms with Crippen molar-refractivity contribution in [2.45, 2.75) is 13.0 Å². The van der Waals surface area contributed by atoms with Gasteiger partial charge >= 0.3 is 0 Å². The Hall–Kier alpha value is -2.14. The fraction of sp³-hybridized carbons (Fsp3) is 0.333. The van der Waals surface area contributed by atoms with Crippen LogP contribution < -0.4 is 5.32 Å². The molecule has 1 aliphatic heterocycles. The standard InChI is InChI=1S/C15H17N5/c1-2-15-13(7-14(1)20-10-17-18-11-20)4-6-19(15)9-12-3-5-16-8-12/h1-2,4,6-7,10-12,16H,3,5,8-9H2. The van der Waals surface area contributed by atoms with Gasteiger partial charge in [0.2, 0.25) is 0 Å². The van der Waals surface area contributed by atoms with Crippen molar-refractivity contribution in [1.82, 2.24) is 24.6 Å². The van der Waals surface area contributed by atoms with Crippen LogP contribution in [-0.4, -0.2) is 32.4 Å². The molecule has 1 aromatic carbocycles. The minimum Gasteiger partial charge on any atom is -0.347 e. The highest BCUT2D eigenvalue weighted by molar-refractivity contribution is 5.82. The molecule has 1 fully saturated rings. The summed E-state index contributed by atoms with van der Waals surface area (Å²) < 4.78 is 4.29. The molecule has 20 heavy (non-hydrogen) atoms. The largest absolute Gasteiger partial charge is 0.347 e. The maximum atomic E-state index is 3.85. The van der Waals surface area contributed by atoms with Crippen molar-refractivity contribution in [2.75, 3.05) is 13.1 Å². The van der Waals surface area contributed by atoms with Crippen LogP contribution in [0.15, 0.2) is 43.1 Å². The third-order valence-electron chi connectivity index (χ3n) is 4.09. The molecule has 3 heterocycles. The summed E-state index contributed by atoms with van der Waals surface area (Å²) in [5.41, 5.74) is 2.40. The lowest BCUT2D eigenvalue weighted by atomic mass is 10.1. The molecule has 0 spiro atoms. The second kappa shape index (κ2) is 4.76. The first-order valence-electron chi connectivity index (χ1n) is 7.05. The van der Waals surface area contributed by atoms with Gasteiger partial charge in [0.1, 0.15) is 12.7 Å². The highest BCUT2D eigenvalue weighted by Gasteiger charge is 2.15.